The third-order valence-electron chi connectivity index (χ3n) is 5.72. The average Bonchev–Trinajstić information content (AvgIpc) is 2.65. The fraction of sp³-hybridized carbons (Fsp3) is 0.650. The van der Waals surface area contributed by atoms with E-state index in [4.69, 9.17) is 11.6 Å². The first-order valence-electron chi connectivity index (χ1n) is 9.64. The van der Waals surface area contributed by atoms with Crippen LogP contribution in [0.15, 0.2) is 24.3 Å². The lowest BCUT2D eigenvalue weighted by Crippen LogP contribution is -2.62. The Hall–Kier alpha value is -1.14. The standard InChI is InChI=1S/C20H29ClN2O3/c21-17-8-6-16(7-9-17)19(25)23-11-10-18(24)20(26,14-23)13-22-12-15-4-2-1-3-5-15/h6-9,15,18,22,24,26H,1-5,10-14H2/t18-,20+/m0/s1. The van der Waals surface area contributed by atoms with E-state index in [2.05, 4.69) is 5.32 Å². The van der Waals surface area contributed by atoms with Gasteiger partial charge in [0.2, 0.25) is 0 Å². The van der Waals surface area contributed by atoms with E-state index in [0.717, 1.165) is 6.54 Å². The topological polar surface area (TPSA) is 72.8 Å². The van der Waals surface area contributed by atoms with Crippen molar-refractivity contribution in [1.29, 1.82) is 0 Å². The molecule has 0 aromatic heterocycles. The van der Waals surface area contributed by atoms with Crippen molar-refractivity contribution in [3.8, 4) is 0 Å². The first-order valence-corrected chi connectivity index (χ1v) is 10.0. The van der Waals surface area contributed by atoms with Gasteiger partial charge in [-0.15, -0.1) is 0 Å². The molecule has 144 valence electrons. The van der Waals surface area contributed by atoms with Gasteiger partial charge in [-0.3, -0.25) is 4.79 Å². The van der Waals surface area contributed by atoms with E-state index in [9.17, 15) is 15.0 Å². The largest absolute Gasteiger partial charge is 0.390 e. The van der Waals surface area contributed by atoms with Gasteiger partial charge in [-0.2, -0.15) is 0 Å². The lowest BCUT2D eigenvalue weighted by molar-refractivity contribution is -0.111. The van der Waals surface area contributed by atoms with Gasteiger partial charge in [0.1, 0.15) is 5.60 Å². The van der Waals surface area contributed by atoms with E-state index in [1.165, 1.54) is 32.1 Å². The minimum atomic E-state index is -1.31. The Morgan fingerprint density at radius 2 is 1.88 bits per heavy atom. The number of β-amino-alcohol motifs (C(OH)–C–C–N with tert-alkyl or cyclic N) is 1. The van der Waals surface area contributed by atoms with Crippen molar-refractivity contribution >= 4 is 17.5 Å². The summed E-state index contributed by atoms with van der Waals surface area (Å²) in [7, 11) is 0. The fourth-order valence-corrected chi connectivity index (χ4v) is 4.19. The molecule has 0 spiro atoms. The maximum absolute atomic E-state index is 12.7. The van der Waals surface area contributed by atoms with Gasteiger partial charge < -0.3 is 20.4 Å². The number of nitrogens with one attached hydrogen (secondary N) is 1. The second kappa shape index (κ2) is 8.70. The lowest BCUT2D eigenvalue weighted by Gasteiger charge is -2.43. The summed E-state index contributed by atoms with van der Waals surface area (Å²) in [6, 6.07) is 6.75. The molecule has 0 unspecified atom stereocenters. The van der Waals surface area contributed by atoms with Gasteiger partial charge in [0.25, 0.3) is 5.91 Å². The van der Waals surface area contributed by atoms with Crippen LogP contribution in [0.3, 0.4) is 0 Å². The number of rotatable bonds is 5. The molecule has 2 aliphatic rings. The normalized spacial score (nSPS) is 27.5. The highest BCUT2D eigenvalue weighted by Crippen LogP contribution is 2.25. The highest BCUT2D eigenvalue weighted by molar-refractivity contribution is 6.30. The van der Waals surface area contributed by atoms with Crippen molar-refractivity contribution in [3.05, 3.63) is 34.9 Å². The third-order valence-corrected chi connectivity index (χ3v) is 5.98. The summed E-state index contributed by atoms with van der Waals surface area (Å²) in [5.74, 6) is 0.513. The number of piperidine rings is 1. The van der Waals surface area contributed by atoms with Crippen molar-refractivity contribution in [1.82, 2.24) is 10.2 Å². The van der Waals surface area contributed by atoms with Crippen LogP contribution in [0.2, 0.25) is 5.02 Å². The maximum Gasteiger partial charge on any atom is 0.253 e. The molecular weight excluding hydrogens is 352 g/mol. The first-order chi connectivity index (χ1) is 12.5. The molecule has 0 radical (unpaired) electrons. The number of nitrogens with zero attached hydrogens (tertiary/aromatic N) is 1. The van der Waals surface area contributed by atoms with Crippen LogP contribution in [0.4, 0.5) is 0 Å². The highest BCUT2D eigenvalue weighted by atomic mass is 35.5. The number of hydrogen-bond acceptors (Lipinski definition) is 4. The predicted octanol–water partition coefficient (Wildman–Crippen LogP) is 2.45. The van der Waals surface area contributed by atoms with Crippen LogP contribution in [-0.4, -0.2) is 58.9 Å². The van der Waals surface area contributed by atoms with Crippen LogP contribution in [0.25, 0.3) is 0 Å². The molecule has 1 heterocycles. The molecule has 3 N–H and O–H groups in total. The number of carbonyl (C=O) groups is 1. The molecule has 0 bridgehead atoms. The number of aliphatic hydroxyl groups excluding tert-OH is 1. The summed E-state index contributed by atoms with van der Waals surface area (Å²) in [4.78, 5) is 14.3. The van der Waals surface area contributed by atoms with E-state index in [-0.39, 0.29) is 12.5 Å². The molecule has 1 aliphatic heterocycles. The molecule has 2 fully saturated rings. The quantitative estimate of drug-likeness (QED) is 0.733. The van der Waals surface area contributed by atoms with E-state index in [1.54, 1.807) is 29.2 Å². The van der Waals surface area contributed by atoms with Gasteiger partial charge in [-0.05, 0) is 56.0 Å². The van der Waals surface area contributed by atoms with Crippen molar-refractivity contribution in [2.24, 2.45) is 5.92 Å². The molecule has 1 amide bonds. The van der Waals surface area contributed by atoms with Crippen LogP contribution in [-0.2, 0) is 0 Å². The summed E-state index contributed by atoms with van der Waals surface area (Å²) < 4.78 is 0. The molecule has 2 atom stereocenters. The van der Waals surface area contributed by atoms with Crippen LogP contribution in [0, 0.1) is 5.92 Å². The maximum atomic E-state index is 12.7. The lowest BCUT2D eigenvalue weighted by atomic mass is 9.87. The molecule has 1 aliphatic carbocycles. The summed E-state index contributed by atoms with van der Waals surface area (Å²) >= 11 is 5.88. The SMILES string of the molecule is O=C(c1ccc(Cl)cc1)N1CC[C@H](O)[C@@](O)(CNCC2CCCCC2)C1. The van der Waals surface area contributed by atoms with E-state index in [0.29, 0.717) is 36.0 Å². The van der Waals surface area contributed by atoms with Crippen molar-refractivity contribution in [2.45, 2.75) is 50.2 Å². The number of carbonyl (C=O) groups excluding carboxylic acids is 1. The molecule has 1 aromatic carbocycles. The van der Waals surface area contributed by atoms with Crippen molar-refractivity contribution in [2.75, 3.05) is 26.2 Å². The molecule has 3 rings (SSSR count). The Kier molecular flexibility index (Phi) is 6.56. The predicted molar refractivity (Wildman–Crippen MR) is 102 cm³/mol. The number of halogens is 1. The Morgan fingerprint density at radius 3 is 2.58 bits per heavy atom. The molecule has 5 nitrogen and oxygen atoms in total. The van der Waals surface area contributed by atoms with Crippen molar-refractivity contribution < 1.29 is 15.0 Å². The van der Waals surface area contributed by atoms with Gasteiger partial charge >= 0.3 is 0 Å². The summed E-state index contributed by atoms with van der Waals surface area (Å²) in [6.45, 7) is 1.73. The molecule has 1 saturated carbocycles. The molecule has 26 heavy (non-hydrogen) atoms. The Morgan fingerprint density at radius 1 is 1.19 bits per heavy atom. The minimum absolute atomic E-state index is 0.132. The van der Waals surface area contributed by atoms with Crippen molar-refractivity contribution in [3.63, 3.8) is 0 Å². The summed E-state index contributed by atoms with van der Waals surface area (Å²) in [5, 5.41) is 25.2. The van der Waals surface area contributed by atoms with Gasteiger partial charge in [-0.25, -0.2) is 0 Å². The average molecular weight is 381 g/mol. The Bertz CT molecular complexity index is 604. The molecule has 6 heteroatoms. The van der Waals surface area contributed by atoms with Gasteiger partial charge in [0, 0.05) is 23.7 Å². The summed E-state index contributed by atoms with van der Waals surface area (Å²) in [6.07, 6.45) is 5.90. The zero-order chi connectivity index (χ0) is 18.6. The van der Waals surface area contributed by atoms with Gasteiger partial charge in [0.05, 0.1) is 12.6 Å². The van der Waals surface area contributed by atoms with Crippen LogP contribution in [0.5, 0.6) is 0 Å². The van der Waals surface area contributed by atoms with Gasteiger partial charge in [0.15, 0.2) is 0 Å². The van der Waals surface area contributed by atoms with E-state index < -0.39 is 11.7 Å². The van der Waals surface area contributed by atoms with Crippen LogP contribution in [0.1, 0.15) is 48.9 Å². The third kappa shape index (κ3) is 4.77. The second-order valence-electron chi connectivity index (χ2n) is 7.78. The van der Waals surface area contributed by atoms with E-state index in [1.807, 2.05) is 0 Å². The Labute approximate surface area is 160 Å². The fourth-order valence-electron chi connectivity index (χ4n) is 4.07. The number of likely N-dealkylation sites (tertiary alicyclic amines) is 1. The molecule has 1 aromatic rings. The van der Waals surface area contributed by atoms with Crippen LogP contribution >= 0.6 is 11.6 Å². The number of aliphatic hydroxyl groups is 2. The molecular formula is C20H29ClN2O3. The first kappa shape index (κ1) is 19.6. The number of benzene rings is 1. The van der Waals surface area contributed by atoms with E-state index >= 15 is 0 Å². The van der Waals surface area contributed by atoms with Crippen LogP contribution < -0.4 is 5.32 Å². The van der Waals surface area contributed by atoms with Gasteiger partial charge in [-0.1, -0.05) is 30.9 Å². The molecule has 1 saturated heterocycles. The highest BCUT2D eigenvalue weighted by Gasteiger charge is 2.42. The second-order valence-corrected chi connectivity index (χ2v) is 8.21. The monoisotopic (exact) mass is 380 g/mol. The minimum Gasteiger partial charge on any atom is -0.390 e. The smallest absolute Gasteiger partial charge is 0.253 e. The zero-order valence-corrected chi connectivity index (χ0v) is 15.9. The Balaban J connectivity index is 1.57. The number of amides is 1. The summed E-state index contributed by atoms with van der Waals surface area (Å²) in [5.41, 5.74) is -0.766. The zero-order valence-electron chi connectivity index (χ0n) is 15.2. The number of hydrogen-bond donors (Lipinski definition) is 3.